The summed E-state index contributed by atoms with van der Waals surface area (Å²) in [5, 5.41) is 0. The van der Waals surface area contributed by atoms with E-state index in [2.05, 4.69) is 35.2 Å². The van der Waals surface area contributed by atoms with E-state index in [0.29, 0.717) is 0 Å². The molecule has 2 nitrogen and oxygen atoms in total. The van der Waals surface area contributed by atoms with Crippen LogP contribution >= 0.6 is 0 Å². The van der Waals surface area contributed by atoms with Gasteiger partial charge in [-0.15, -0.1) is 0 Å². The van der Waals surface area contributed by atoms with E-state index >= 15 is 0 Å². The Morgan fingerprint density at radius 2 is 2.00 bits per heavy atom. The summed E-state index contributed by atoms with van der Waals surface area (Å²) < 4.78 is 5.80. The van der Waals surface area contributed by atoms with Crippen LogP contribution in [0.25, 0.3) is 0 Å². The Bertz CT molecular complexity index is 332. The minimum absolute atomic E-state index is 0.257. The maximum Gasteiger partial charge on any atom is 0.0811 e. The first kappa shape index (κ1) is 9.37. The van der Waals surface area contributed by atoms with Crippen molar-refractivity contribution >= 4 is 0 Å². The van der Waals surface area contributed by atoms with Crippen LogP contribution in [0.1, 0.15) is 18.4 Å². The maximum atomic E-state index is 5.80. The first-order chi connectivity index (χ1) is 7.36. The number of benzene rings is 1. The van der Waals surface area contributed by atoms with Gasteiger partial charge in [0.25, 0.3) is 0 Å². The molecule has 1 aromatic carbocycles. The normalized spacial score (nSPS) is 24.3. The van der Waals surface area contributed by atoms with Crippen molar-refractivity contribution in [3.8, 4) is 0 Å². The molecule has 0 amide bonds. The maximum absolute atomic E-state index is 5.80. The summed E-state index contributed by atoms with van der Waals surface area (Å²) in [4.78, 5) is 2.52. The molecule has 0 N–H and O–H groups in total. The molecular formula is C13H17NO. The van der Waals surface area contributed by atoms with Gasteiger partial charge in [0.15, 0.2) is 0 Å². The summed E-state index contributed by atoms with van der Waals surface area (Å²) >= 11 is 0. The molecule has 0 atom stereocenters. The van der Waals surface area contributed by atoms with Crippen LogP contribution in [0.5, 0.6) is 0 Å². The summed E-state index contributed by atoms with van der Waals surface area (Å²) in [5.74, 6) is 0. The molecule has 1 heterocycles. The van der Waals surface area contributed by atoms with Gasteiger partial charge in [-0.25, -0.2) is 0 Å². The predicted molar refractivity (Wildman–Crippen MR) is 59.6 cm³/mol. The topological polar surface area (TPSA) is 12.5 Å². The van der Waals surface area contributed by atoms with E-state index in [1.54, 1.807) is 0 Å². The van der Waals surface area contributed by atoms with E-state index in [9.17, 15) is 0 Å². The molecule has 1 spiro atoms. The number of nitrogens with zero attached hydrogens (tertiary/aromatic N) is 1. The van der Waals surface area contributed by atoms with Crippen LogP contribution < -0.4 is 0 Å². The van der Waals surface area contributed by atoms with Gasteiger partial charge in [-0.3, -0.25) is 4.90 Å². The third-order valence-corrected chi connectivity index (χ3v) is 3.38. The molecule has 2 aliphatic rings. The lowest BCUT2D eigenvalue weighted by Gasteiger charge is -2.33. The van der Waals surface area contributed by atoms with Crippen molar-refractivity contribution in [2.45, 2.75) is 25.0 Å². The SMILES string of the molecule is c1ccc(CN2CCOC3(CC3)C2)cc1. The minimum Gasteiger partial charge on any atom is -0.372 e. The third kappa shape index (κ3) is 2.06. The Morgan fingerprint density at radius 1 is 1.20 bits per heavy atom. The predicted octanol–water partition coefficient (Wildman–Crippen LogP) is 2.05. The summed E-state index contributed by atoms with van der Waals surface area (Å²) in [6, 6.07) is 10.7. The van der Waals surface area contributed by atoms with Crippen LogP contribution in [0.3, 0.4) is 0 Å². The largest absolute Gasteiger partial charge is 0.372 e. The molecule has 1 aromatic rings. The van der Waals surface area contributed by atoms with Crippen molar-refractivity contribution in [3.05, 3.63) is 35.9 Å². The van der Waals surface area contributed by atoms with Gasteiger partial charge in [-0.05, 0) is 18.4 Å². The Labute approximate surface area is 90.8 Å². The van der Waals surface area contributed by atoms with E-state index in [1.165, 1.54) is 18.4 Å². The standard InChI is InChI=1S/C13H17NO/c1-2-4-12(5-3-1)10-14-8-9-15-13(11-14)6-7-13/h1-5H,6-11H2. The zero-order valence-electron chi connectivity index (χ0n) is 8.98. The van der Waals surface area contributed by atoms with E-state index in [4.69, 9.17) is 4.74 Å². The fourth-order valence-electron chi connectivity index (χ4n) is 2.34. The van der Waals surface area contributed by atoms with Crippen molar-refractivity contribution in [1.29, 1.82) is 0 Å². The van der Waals surface area contributed by atoms with Gasteiger partial charge in [-0.1, -0.05) is 30.3 Å². The van der Waals surface area contributed by atoms with Crippen LogP contribution in [-0.2, 0) is 11.3 Å². The second kappa shape index (κ2) is 3.62. The molecule has 80 valence electrons. The Hall–Kier alpha value is -0.860. The van der Waals surface area contributed by atoms with Crippen LogP contribution in [0, 0.1) is 0 Å². The second-order valence-electron chi connectivity index (χ2n) is 4.73. The molecule has 2 fully saturated rings. The van der Waals surface area contributed by atoms with E-state index in [0.717, 1.165) is 26.2 Å². The fraction of sp³-hybridized carbons (Fsp3) is 0.538. The van der Waals surface area contributed by atoms with Gasteiger partial charge >= 0.3 is 0 Å². The van der Waals surface area contributed by atoms with Crippen molar-refractivity contribution in [2.24, 2.45) is 0 Å². The molecule has 0 bridgehead atoms. The van der Waals surface area contributed by atoms with Crippen LogP contribution in [0.4, 0.5) is 0 Å². The number of ether oxygens (including phenoxy) is 1. The lowest BCUT2D eigenvalue weighted by atomic mass is 10.2. The first-order valence-electron chi connectivity index (χ1n) is 5.77. The minimum atomic E-state index is 0.257. The summed E-state index contributed by atoms with van der Waals surface area (Å²) in [6.07, 6.45) is 2.52. The smallest absolute Gasteiger partial charge is 0.0811 e. The van der Waals surface area contributed by atoms with Crippen molar-refractivity contribution in [1.82, 2.24) is 4.90 Å². The van der Waals surface area contributed by atoms with Gasteiger partial charge in [0.2, 0.25) is 0 Å². The monoisotopic (exact) mass is 203 g/mol. The first-order valence-corrected chi connectivity index (χ1v) is 5.77. The summed E-state index contributed by atoms with van der Waals surface area (Å²) in [7, 11) is 0. The molecule has 3 rings (SSSR count). The van der Waals surface area contributed by atoms with Gasteiger partial charge in [0, 0.05) is 19.6 Å². The lowest BCUT2D eigenvalue weighted by Crippen LogP contribution is -2.43. The van der Waals surface area contributed by atoms with Gasteiger partial charge < -0.3 is 4.74 Å². The highest BCUT2D eigenvalue weighted by Crippen LogP contribution is 2.42. The molecule has 0 radical (unpaired) electrons. The number of rotatable bonds is 2. The summed E-state index contributed by atoms with van der Waals surface area (Å²) in [5.41, 5.74) is 1.67. The number of morpholine rings is 1. The molecule has 1 aliphatic heterocycles. The zero-order valence-corrected chi connectivity index (χ0v) is 8.98. The Morgan fingerprint density at radius 3 is 2.73 bits per heavy atom. The lowest BCUT2D eigenvalue weighted by molar-refractivity contribution is -0.0486. The van der Waals surface area contributed by atoms with Crippen LogP contribution in [-0.4, -0.2) is 30.2 Å². The highest BCUT2D eigenvalue weighted by molar-refractivity contribution is 5.15. The Kier molecular flexibility index (Phi) is 2.26. The quantitative estimate of drug-likeness (QED) is 0.729. The Balaban J connectivity index is 1.63. The van der Waals surface area contributed by atoms with Gasteiger partial charge in [0.1, 0.15) is 0 Å². The fourth-order valence-corrected chi connectivity index (χ4v) is 2.34. The molecule has 15 heavy (non-hydrogen) atoms. The van der Waals surface area contributed by atoms with Gasteiger partial charge in [0.05, 0.1) is 12.2 Å². The third-order valence-electron chi connectivity index (χ3n) is 3.38. The zero-order chi connectivity index (χ0) is 10.1. The van der Waals surface area contributed by atoms with E-state index in [-0.39, 0.29) is 5.60 Å². The average molecular weight is 203 g/mol. The molecule has 1 aliphatic carbocycles. The number of hydrogen-bond acceptors (Lipinski definition) is 2. The molecule has 2 heteroatoms. The second-order valence-corrected chi connectivity index (χ2v) is 4.73. The van der Waals surface area contributed by atoms with Crippen molar-refractivity contribution < 1.29 is 4.74 Å². The van der Waals surface area contributed by atoms with E-state index in [1.807, 2.05) is 0 Å². The molecule has 0 aromatic heterocycles. The van der Waals surface area contributed by atoms with Crippen LogP contribution in [0.15, 0.2) is 30.3 Å². The number of hydrogen-bond donors (Lipinski definition) is 0. The van der Waals surface area contributed by atoms with Crippen molar-refractivity contribution in [2.75, 3.05) is 19.7 Å². The highest BCUT2D eigenvalue weighted by Gasteiger charge is 2.47. The highest BCUT2D eigenvalue weighted by atomic mass is 16.5. The van der Waals surface area contributed by atoms with E-state index < -0.39 is 0 Å². The molecule has 0 unspecified atom stereocenters. The molecule has 1 saturated carbocycles. The average Bonchev–Trinajstić information content (AvgIpc) is 2.99. The summed E-state index contributed by atoms with van der Waals surface area (Å²) in [6.45, 7) is 4.19. The molecule has 1 saturated heterocycles. The molecular weight excluding hydrogens is 186 g/mol. The van der Waals surface area contributed by atoms with Crippen molar-refractivity contribution in [3.63, 3.8) is 0 Å². The van der Waals surface area contributed by atoms with Crippen LogP contribution in [0.2, 0.25) is 0 Å². The van der Waals surface area contributed by atoms with Gasteiger partial charge in [-0.2, -0.15) is 0 Å².